The van der Waals surface area contributed by atoms with Crippen LogP contribution in [0.25, 0.3) is 0 Å². The first kappa shape index (κ1) is 22.8. The molecule has 1 atom stereocenters. The van der Waals surface area contributed by atoms with Crippen molar-refractivity contribution in [3.63, 3.8) is 0 Å². The van der Waals surface area contributed by atoms with Gasteiger partial charge in [-0.3, -0.25) is 15.0 Å². The number of carbonyl (C=O) groups is 2. The monoisotopic (exact) mass is 423 g/mol. The number of rotatable bonds is 6. The highest BCUT2D eigenvalue weighted by Gasteiger charge is 2.24. The molecule has 1 aliphatic rings. The van der Waals surface area contributed by atoms with Gasteiger partial charge in [-0.15, -0.1) is 0 Å². The van der Waals surface area contributed by atoms with Gasteiger partial charge in [-0.25, -0.2) is 4.79 Å². The molecule has 0 aromatic heterocycles. The van der Waals surface area contributed by atoms with Gasteiger partial charge in [-0.1, -0.05) is 29.8 Å². The number of benzene rings is 2. The smallest absolute Gasteiger partial charge is 0.412 e. The number of carbonyl (C=O) groups excluding carboxylic acids is 2. The van der Waals surface area contributed by atoms with Crippen molar-refractivity contribution in [2.24, 2.45) is 0 Å². The zero-order valence-corrected chi connectivity index (χ0v) is 18.9. The Labute approximate surface area is 185 Å². The van der Waals surface area contributed by atoms with E-state index in [1.54, 1.807) is 24.3 Å². The van der Waals surface area contributed by atoms with E-state index < -0.39 is 11.7 Å². The molecule has 166 valence electrons. The highest BCUT2D eigenvalue weighted by molar-refractivity contribution is 5.95. The largest absolute Gasteiger partial charge is 0.444 e. The normalized spacial score (nSPS) is 15.4. The average Bonchev–Trinajstić information content (AvgIpc) is 3.23. The van der Waals surface area contributed by atoms with Crippen LogP contribution >= 0.6 is 0 Å². The fourth-order valence-electron chi connectivity index (χ4n) is 3.72. The van der Waals surface area contributed by atoms with Crippen LogP contribution in [0.4, 0.5) is 10.5 Å². The molecule has 0 bridgehead atoms. The summed E-state index contributed by atoms with van der Waals surface area (Å²) in [4.78, 5) is 27.1. The molecule has 1 heterocycles. The lowest BCUT2D eigenvalue weighted by Gasteiger charge is -2.28. The molecule has 0 radical (unpaired) electrons. The van der Waals surface area contributed by atoms with E-state index in [-0.39, 0.29) is 11.9 Å². The number of ether oxygens (including phenoxy) is 1. The third-order valence-corrected chi connectivity index (χ3v) is 5.29. The predicted molar refractivity (Wildman–Crippen MR) is 123 cm³/mol. The summed E-state index contributed by atoms with van der Waals surface area (Å²) >= 11 is 0. The maximum atomic E-state index is 12.7. The van der Waals surface area contributed by atoms with E-state index in [2.05, 4.69) is 46.7 Å². The Hall–Kier alpha value is -2.86. The predicted octanol–water partition coefficient (Wildman–Crippen LogP) is 4.91. The van der Waals surface area contributed by atoms with Crippen LogP contribution in [0.5, 0.6) is 0 Å². The first-order valence-electron chi connectivity index (χ1n) is 10.9. The molecule has 2 N–H and O–H groups in total. The van der Waals surface area contributed by atoms with Crippen LogP contribution in [-0.2, 0) is 4.74 Å². The van der Waals surface area contributed by atoms with E-state index in [0.29, 0.717) is 17.8 Å². The Bertz CT molecular complexity index is 880. The van der Waals surface area contributed by atoms with E-state index >= 15 is 0 Å². The molecule has 3 rings (SSSR count). The van der Waals surface area contributed by atoms with Crippen molar-refractivity contribution in [2.75, 3.05) is 25.0 Å². The van der Waals surface area contributed by atoms with Crippen molar-refractivity contribution in [3.8, 4) is 0 Å². The van der Waals surface area contributed by atoms with E-state index in [4.69, 9.17) is 4.74 Å². The zero-order valence-electron chi connectivity index (χ0n) is 18.9. The second kappa shape index (κ2) is 9.96. The Balaban J connectivity index is 1.60. The van der Waals surface area contributed by atoms with Gasteiger partial charge in [0.1, 0.15) is 5.60 Å². The van der Waals surface area contributed by atoms with Gasteiger partial charge in [0.15, 0.2) is 0 Å². The average molecular weight is 424 g/mol. The minimum atomic E-state index is -0.562. The number of hydrogen-bond donors (Lipinski definition) is 2. The molecule has 1 unspecified atom stereocenters. The summed E-state index contributed by atoms with van der Waals surface area (Å²) in [5, 5.41) is 5.77. The summed E-state index contributed by atoms with van der Waals surface area (Å²) in [6.07, 6.45) is 1.88. The molecule has 31 heavy (non-hydrogen) atoms. The van der Waals surface area contributed by atoms with Crippen LogP contribution in [0.3, 0.4) is 0 Å². The molecule has 1 aliphatic heterocycles. The van der Waals surface area contributed by atoms with E-state index in [0.717, 1.165) is 13.1 Å². The molecule has 6 nitrogen and oxygen atoms in total. The number of aryl methyl sites for hydroxylation is 1. The number of nitrogens with one attached hydrogen (secondary N) is 2. The van der Waals surface area contributed by atoms with Gasteiger partial charge in [0.25, 0.3) is 5.91 Å². The van der Waals surface area contributed by atoms with Crippen LogP contribution in [0, 0.1) is 6.92 Å². The number of anilines is 1. The number of likely N-dealkylation sites (tertiary alicyclic amines) is 1. The third kappa shape index (κ3) is 6.82. The fraction of sp³-hybridized carbons (Fsp3) is 0.440. The minimum absolute atomic E-state index is 0.125. The van der Waals surface area contributed by atoms with Crippen molar-refractivity contribution in [2.45, 2.75) is 52.2 Å². The number of hydrogen-bond acceptors (Lipinski definition) is 4. The SMILES string of the molecule is Cc1ccc(C(CNC(=O)c2ccc(NC(=O)OC(C)(C)C)cc2)N2CCCC2)cc1. The summed E-state index contributed by atoms with van der Waals surface area (Å²) in [5.41, 5.74) is 3.03. The summed E-state index contributed by atoms with van der Waals surface area (Å²) in [6, 6.07) is 15.5. The van der Waals surface area contributed by atoms with Gasteiger partial charge in [0.05, 0.1) is 6.04 Å². The molecule has 1 saturated heterocycles. The first-order valence-corrected chi connectivity index (χ1v) is 10.9. The number of nitrogens with zero attached hydrogens (tertiary/aromatic N) is 1. The quantitative estimate of drug-likeness (QED) is 0.693. The molecule has 1 fully saturated rings. The molecule has 2 aromatic carbocycles. The third-order valence-electron chi connectivity index (χ3n) is 5.29. The van der Waals surface area contributed by atoms with Gasteiger partial charge in [0.2, 0.25) is 0 Å². The Morgan fingerprint density at radius 3 is 2.19 bits per heavy atom. The molecule has 0 spiro atoms. The second-order valence-electron chi connectivity index (χ2n) is 9.08. The van der Waals surface area contributed by atoms with Gasteiger partial charge < -0.3 is 10.1 Å². The molecule has 2 amide bonds. The topological polar surface area (TPSA) is 70.7 Å². The molecule has 6 heteroatoms. The molecular formula is C25H33N3O3. The fourth-order valence-corrected chi connectivity index (χ4v) is 3.72. The van der Waals surface area contributed by atoms with E-state index in [1.165, 1.54) is 24.0 Å². The second-order valence-corrected chi connectivity index (χ2v) is 9.08. The van der Waals surface area contributed by atoms with Crippen molar-refractivity contribution in [1.29, 1.82) is 0 Å². The Morgan fingerprint density at radius 1 is 1.00 bits per heavy atom. The lowest BCUT2D eigenvalue weighted by atomic mass is 10.0. The summed E-state index contributed by atoms with van der Waals surface area (Å²) < 4.78 is 5.25. The maximum Gasteiger partial charge on any atom is 0.412 e. The van der Waals surface area contributed by atoms with Crippen LogP contribution < -0.4 is 10.6 Å². The zero-order chi connectivity index (χ0) is 22.4. The summed E-state index contributed by atoms with van der Waals surface area (Å²) in [6.45, 7) is 10.2. The van der Waals surface area contributed by atoms with E-state index in [1.807, 2.05) is 20.8 Å². The number of amides is 2. The van der Waals surface area contributed by atoms with Gasteiger partial charge in [0, 0.05) is 17.8 Å². The van der Waals surface area contributed by atoms with E-state index in [9.17, 15) is 9.59 Å². The standard InChI is InChI=1S/C25H33N3O3/c1-18-7-9-19(10-8-18)22(28-15-5-6-16-28)17-26-23(29)20-11-13-21(14-12-20)27-24(30)31-25(2,3)4/h7-14,22H,5-6,15-17H2,1-4H3,(H,26,29)(H,27,30). The van der Waals surface area contributed by atoms with Gasteiger partial charge in [-0.2, -0.15) is 0 Å². The lowest BCUT2D eigenvalue weighted by Crippen LogP contribution is -2.36. The Morgan fingerprint density at radius 2 is 1.61 bits per heavy atom. The summed E-state index contributed by atoms with van der Waals surface area (Å²) in [7, 11) is 0. The molecule has 0 saturated carbocycles. The van der Waals surface area contributed by atoms with Crippen molar-refractivity contribution in [3.05, 3.63) is 65.2 Å². The van der Waals surface area contributed by atoms with Gasteiger partial charge in [-0.05, 0) is 83.5 Å². The van der Waals surface area contributed by atoms with Crippen molar-refractivity contribution in [1.82, 2.24) is 10.2 Å². The van der Waals surface area contributed by atoms with Gasteiger partial charge >= 0.3 is 6.09 Å². The summed E-state index contributed by atoms with van der Waals surface area (Å²) in [5.74, 6) is -0.125. The highest BCUT2D eigenvalue weighted by atomic mass is 16.6. The molecule has 2 aromatic rings. The first-order chi connectivity index (χ1) is 14.7. The van der Waals surface area contributed by atoms with Crippen LogP contribution in [0.1, 0.15) is 61.1 Å². The molecule has 0 aliphatic carbocycles. The Kier molecular flexibility index (Phi) is 7.33. The van der Waals surface area contributed by atoms with Crippen LogP contribution in [0.15, 0.2) is 48.5 Å². The van der Waals surface area contributed by atoms with Crippen LogP contribution in [0.2, 0.25) is 0 Å². The minimum Gasteiger partial charge on any atom is -0.444 e. The van der Waals surface area contributed by atoms with Crippen molar-refractivity contribution < 1.29 is 14.3 Å². The highest BCUT2D eigenvalue weighted by Crippen LogP contribution is 2.25. The molecular weight excluding hydrogens is 390 g/mol. The van der Waals surface area contributed by atoms with Crippen molar-refractivity contribution >= 4 is 17.7 Å². The lowest BCUT2D eigenvalue weighted by molar-refractivity contribution is 0.0635. The maximum absolute atomic E-state index is 12.7. The van der Waals surface area contributed by atoms with Crippen LogP contribution in [-0.4, -0.2) is 42.1 Å².